The van der Waals surface area contributed by atoms with Gasteiger partial charge in [0, 0.05) is 5.41 Å². The number of piperidine rings is 1. The maximum Gasteiger partial charge on any atom is 0.321 e. The number of carboxylic acid groups (broad SMARTS) is 1. The van der Waals surface area contributed by atoms with Gasteiger partial charge in [-0.25, -0.2) is 0 Å². The number of likely N-dealkylation sites (tertiary alicyclic amines) is 1. The van der Waals surface area contributed by atoms with Crippen molar-refractivity contribution in [1.29, 1.82) is 0 Å². The molecule has 1 aliphatic rings. The van der Waals surface area contributed by atoms with Gasteiger partial charge in [-0.05, 0) is 24.8 Å². The van der Waals surface area contributed by atoms with Crippen LogP contribution in [0.2, 0.25) is 0 Å². The van der Waals surface area contributed by atoms with Gasteiger partial charge in [0.05, 0.1) is 6.54 Å². The van der Waals surface area contributed by atoms with Crippen LogP contribution in [0.5, 0.6) is 0 Å². The van der Waals surface area contributed by atoms with Crippen molar-refractivity contribution in [3.63, 3.8) is 0 Å². The third kappa shape index (κ3) is 3.43. The van der Waals surface area contributed by atoms with E-state index in [1.807, 2.05) is 39.5 Å². The van der Waals surface area contributed by atoms with Crippen LogP contribution in [-0.2, 0) is 16.8 Å². The zero-order chi connectivity index (χ0) is 15.8. The van der Waals surface area contributed by atoms with Crippen molar-refractivity contribution >= 4 is 5.97 Å². The van der Waals surface area contributed by atoms with Crippen molar-refractivity contribution in [2.24, 2.45) is 5.41 Å². The molecule has 0 spiro atoms. The van der Waals surface area contributed by atoms with Crippen LogP contribution in [0, 0.1) is 5.41 Å². The summed E-state index contributed by atoms with van der Waals surface area (Å²) in [5.74, 6) is 0.361. The minimum Gasteiger partial charge on any atom is -0.480 e. The summed E-state index contributed by atoms with van der Waals surface area (Å²) in [6, 6.07) is -0.517. The molecule has 118 valence electrons. The second-order valence-corrected chi connectivity index (χ2v) is 7.57. The van der Waals surface area contributed by atoms with Crippen LogP contribution in [0.4, 0.5) is 0 Å². The number of nitrogens with zero attached hydrogens (tertiary/aromatic N) is 3. The highest BCUT2D eigenvalue weighted by atomic mass is 16.5. The molecule has 1 unspecified atom stereocenters. The van der Waals surface area contributed by atoms with Gasteiger partial charge in [-0.2, -0.15) is 4.98 Å². The normalized spacial score (nSPS) is 23.2. The summed E-state index contributed by atoms with van der Waals surface area (Å²) < 4.78 is 5.29. The Morgan fingerprint density at radius 2 is 2.14 bits per heavy atom. The summed E-state index contributed by atoms with van der Waals surface area (Å²) in [6.45, 7) is 11.2. The highest BCUT2D eigenvalue weighted by Gasteiger charge is 2.43. The molecule has 1 aromatic rings. The maximum atomic E-state index is 11.6. The summed E-state index contributed by atoms with van der Waals surface area (Å²) in [5, 5.41) is 13.5. The van der Waals surface area contributed by atoms with Gasteiger partial charge in [-0.1, -0.05) is 39.8 Å². The van der Waals surface area contributed by atoms with Gasteiger partial charge < -0.3 is 9.63 Å². The number of aromatic nitrogens is 2. The fraction of sp³-hybridized carbons (Fsp3) is 0.800. The van der Waals surface area contributed by atoms with Crippen molar-refractivity contribution in [3.8, 4) is 0 Å². The van der Waals surface area contributed by atoms with Gasteiger partial charge in [0.2, 0.25) is 5.89 Å². The molecule has 0 radical (unpaired) electrons. The Hall–Kier alpha value is -1.43. The maximum absolute atomic E-state index is 11.6. The van der Waals surface area contributed by atoms with Crippen LogP contribution in [-0.4, -0.2) is 38.7 Å². The molecule has 1 atom stereocenters. The van der Waals surface area contributed by atoms with Crippen LogP contribution < -0.4 is 0 Å². The molecule has 0 saturated carbocycles. The number of hydrogen-bond donors (Lipinski definition) is 1. The fourth-order valence-corrected chi connectivity index (χ4v) is 2.96. The van der Waals surface area contributed by atoms with E-state index in [-0.39, 0.29) is 10.8 Å². The molecule has 2 rings (SSSR count). The molecule has 21 heavy (non-hydrogen) atoms. The Morgan fingerprint density at radius 1 is 1.48 bits per heavy atom. The minimum atomic E-state index is -0.782. The molecular weight excluding hydrogens is 270 g/mol. The van der Waals surface area contributed by atoms with E-state index in [0.29, 0.717) is 18.3 Å². The molecule has 1 N–H and O–H groups in total. The molecule has 6 nitrogen and oxygen atoms in total. The van der Waals surface area contributed by atoms with Crippen LogP contribution in [0.3, 0.4) is 0 Å². The molecule has 2 heterocycles. The molecule has 6 heteroatoms. The van der Waals surface area contributed by atoms with E-state index in [2.05, 4.69) is 10.1 Å². The van der Waals surface area contributed by atoms with Crippen molar-refractivity contribution in [2.45, 2.75) is 65.5 Å². The first-order valence-corrected chi connectivity index (χ1v) is 7.41. The van der Waals surface area contributed by atoms with Crippen molar-refractivity contribution in [2.75, 3.05) is 6.54 Å². The Kier molecular flexibility index (Phi) is 4.10. The topological polar surface area (TPSA) is 79.5 Å². The molecule has 0 aromatic carbocycles. The molecule has 0 amide bonds. The largest absolute Gasteiger partial charge is 0.480 e. The first-order chi connectivity index (χ1) is 9.61. The summed E-state index contributed by atoms with van der Waals surface area (Å²) in [4.78, 5) is 18.0. The van der Waals surface area contributed by atoms with Crippen LogP contribution in [0.15, 0.2) is 4.52 Å². The lowest BCUT2D eigenvalue weighted by atomic mass is 9.76. The zero-order valence-corrected chi connectivity index (χ0v) is 13.5. The van der Waals surface area contributed by atoms with E-state index in [9.17, 15) is 9.90 Å². The standard InChI is InChI=1S/C15H25N3O3/c1-14(2,3)13-16-10(21-17-13)9-18-8-6-7-15(4,5)11(18)12(19)20/h11H,6-9H2,1-5H3,(H,19,20). The number of carboxylic acids is 1. The SMILES string of the molecule is CC(C)(C)c1noc(CN2CCCC(C)(C)C2C(=O)O)n1. The Bertz CT molecular complexity index is 516. The summed E-state index contributed by atoms with van der Waals surface area (Å²) in [7, 11) is 0. The third-order valence-corrected chi connectivity index (χ3v) is 4.08. The van der Waals surface area contributed by atoms with Crippen LogP contribution >= 0.6 is 0 Å². The summed E-state index contributed by atoms with van der Waals surface area (Å²) >= 11 is 0. The van der Waals surface area contributed by atoms with Crippen molar-refractivity contribution in [1.82, 2.24) is 15.0 Å². The minimum absolute atomic E-state index is 0.172. The molecular formula is C15H25N3O3. The fourth-order valence-electron chi connectivity index (χ4n) is 2.96. The van der Waals surface area contributed by atoms with Gasteiger partial charge in [-0.3, -0.25) is 9.69 Å². The lowest BCUT2D eigenvalue weighted by molar-refractivity contribution is -0.151. The first-order valence-electron chi connectivity index (χ1n) is 7.41. The Balaban J connectivity index is 2.17. The van der Waals surface area contributed by atoms with E-state index >= 15 is 0 Å². The highest BCUT2D eigenvalue weighted by molar-refractivity contribution is 5.74. The summed E-state index contributed by atoms with van der Waals surface area (Å²) in [5.41, 5.74) is -0.425. The predicted molar refractivity (Wildman–Crippen MR) is 77.8 cm³/mol. The summed E-state index contributed by atoms with van der Waals surface area (Å²) in [6.07, 6.45) is 1.90. The number of carbonyl (C=O) groups is 1. The lowest BCUT2D eigenvalue weighted by Crippen LogP contribution is -2.53. The molecule has 1 fully saturated rings. The predicted octanol–water partition coefficient (Wildman–Crippen LogP) is 2.44. The second kappa shape index (κ2) is 5.40. The van der Waals surface area contributed by atoms with Crippen molar-refractivity contribution < 1.29 is 14.4 Å². The Morgan fingerprint density at radius 3 is 2.67 bits per heavy atom. The number of rotatable bonds is 3. The number of aliphatic carboxylic acids is 1. The van der Waals surface area contributed by atoms with Gasteiger partial charge in [0.25, 0.3) is 0 Å². The number of hydrogen-bond acceptors (Lipinski definition) is 5. The molecule has 1 saturated heterocycles. The van der Waals surface area contributed by atoms with Gasteiger partial charge >= 0.3 is 5.97 Å². The molecule has 0 bridgehead atoms. The monoisotopic (exact) mass is 295 g/mol. The smallest absolute Gasteiger partial charge is 0.321 e. The lowest BCUT2D eigenvalue weighted by Gasteiger charge is -2.43. The van der Waals surface area contributed by atoms with Crippen molar-refractivity contribution in [3.05, 3.63) is 11.7 Å². The van der Waals surface area contributed by atoms with Crippen LogP contribution in [0.1, 0.15) is 59.2 Å². The molecule has 0 aliphatic carbocycles. The van der Waals surface area contributed by atoms with E-state index in [1.54, 1.807) is 0 Å². The molecule has 1 aromatic heterocycles. The Labute approximate surface area is 125 Å². The first kappa shape index (κ1) is 15.9. The van der Waals surface area contributed by atoms with Gasteiger partial charge in [0.15, 0.2) is 5.82 Å². The quantitative estimate of drug-likeness (QED) is 0.922. The van der Waals surface area contributed by atoms with E-state index < -0.39 is 12.0 Å². The van der Waals surface area contributed by atoms with E-state index in [0.717, 1.165) is 19.4 Å². The zero-order valence-electron chi connectivity index (χ0n) is 13.5. The average molecular weight is 295 g/mol. The second-order valence-electron chi connectivity index (χ2n) is 7.57. The van der Waals surface area contributed by atoms with E-state index in [4.69, 9.17) is 4.52 Å². The van der Waals surface area contributed by atoms with Gasteiger partial charge in [0.1, 0.15) is 6.04 Å². The average Bonchev–Trinajstić information content (AvgIpc) is 2.75. The molecule has 1 aliphatic heterocycles. The third-order valence-electron chi connectivity index (χ3n) is 4.08. The van der Waals surface area contributed by atoms with Crippen LogP contribution in [0.25, 0.3) is 0 Å². The highest BCUT2D eigenvalue weighted by Crippen LogP contribution is 2.36. The van der Waals surface area contributed by atoms with E-state index in [1.165, 1.54) is 0 Å². The van der Waals surface area contributed by atoms with Gasteiger partial charge in [-0.15, -0.1) is 0 Å².